The van der Waals surface area contributed by atoms with Crippen molar-refractivity contribution in [1.82, 2.24) is 4.90 Å². The Morgan fingerprint density at radius 2 is 2.05 bits per heavy atom. The normalized spacial score (nSPS) is 29.4. The summed E-state index contributed by atoms with van der Waals surface area (Å²) in [5, 5.41) is 0. The van der Waals surface area contributed by atoms with Gasteiger partial charge in [0.25, 0.3) is 5.91 Å². The number of likely N-dealkylation sites (tertiary alicyclic amines) is 1. The minimum atomic E-state index is -0.349. The van der Waals surface area contributed by atoms with Gasteiger partial charge in [0.15, 0.2) is 0 Å². The molecule has 2 N–H and O–H groups in total. The van der Waals surface area contributed by atoms with Crippen LogP contribution in [-0.4, -0.2) is 29.9 Å². The van der Waals surface area contributed by atoms with Crippen LogP contribution in [0.5, 0.6) is 0 Å². The van der Waals surface area contributed by atoms with Crippen LogP contribution in [-0.2, 0) is 0 Å². The maximum atomic E-state index is 13.4. The molecule has 1 unspecified atom stereocenters. The van der Waals surface area contributed by atoms with Crippen molar-refractivity contribution in [3.8, 4) is 0 Å². The van der Waals surface area contributed by atoms with Gasteiger partial charge in [0.1, 0.15) is 5.82 Å². The van der Waals surface area contributed by atoms with Gasteiger partial charge in [-0.2, -0.15) is 0 Å². The highest BCUT2D eigenvalue weighted by Crippen LogP contribution is 2.36. The fraction of sp³-hybridized carbons (Fsp3) is 0.562. The van der Waals surface area contributed by atoms with Crippen molar-refractivity contribution in [1.29, 1.82) is 0 Å². The number of carbonyl (C=O) groups excluding carboxylic acids is 1. The van der Waals surface area contributed by atoms with Crippen LogP contribution < -0.4 is 5.73 Å². The van der Waals surface area contributed by atoms with Gasteiger partial charge in [-0.1, -0.05) is 6.07 Å². The number of carbonyl (C=O) groups is 1. The van der Waals surface area contributed by atoms with E-state index in [0.29, 0.717) is 17.4 Å². The predicted molar refractivity (Wildman–Crippen MR) is 75.8 cm³/mol. The SMILES string of the molecule is Cc1ccc(F)cc1C(=O)N1C[C@H]2CCC(N)C[C@H]2C1. The van der Waals surface area contributed by atoms with E-state index in [9.17, 15) is 9.18 Å². The summed E-state index contributed by atoms with van der Waals surface area (Å²) < 4.78 is 13.4. The van der Waals surface area contributed by atoms with Gasteiger partial charge in [-0.25, -0.2) is 4.39 Å². The molecule has 0 bridgehead atoms. The number of fused-ring (bicyclic) bond motifs is 1. The molecular formula is C16H21FN2O. The zero-order chi connectivity index (χ0) is 14.3. The molecule has 1 aromatic carbocycles. The van der Waals surface area contributed by atoms with Gasteiger partial charge in [0.05, 0.1) is 0 Å². The van der Waals surface area contributed by atoms with Gasteiger partial charge >= 0.3 is 0 Å². The number of aryl methyl sites for hydroxylation is 1. The summed E-state index contributed by atoms with van der Waals surface area (Å²) in [6, 6.07) is 4.70. The molecule has 3 rings (SSSR count). The molecule has 1 saturated heterocycles. The predicted octanol–water partition coefficient (Wildman–Crippen LogP) is 2.33. The summed E-state index contributed by atoms with van der Waals surface area (Å²) in [6.07, 6.45) is 3.18. The molecule has 20 heavy (non-hydrogen) atoms. The minimum absolute atomic E-state index is 0.0371. The highest BCUT2D eigenvalue weighted by molar-refractivity contribution is 5.95. The fourth-order valence-corrected chi connectivity index (χ4v) is 3.63. The van der Waals surface area contributed by atoms with E-state index in [1.54, 1.807) is 6.07 Å². The van der Waals surface area contributed by atoms with Crippen LogP contribution in [0.1, 0.15) is 35.2 Å². The summed E-state index contributed by atoms with van der Waals surface area (Å²) in [5.41, 5.74) is 7.34. The number of nitrogens with zero attached hydrogens (tertiary/aromatic N) is 1. The van der Waals surface area contributed by atoms with Crippen LogP contribution >= 0.6 is 0 Å². The highest BCUT2D eigenvalue weighted by Gasteiger charge is 2.38. The van der Waals surface area contributed by atoms with Crippen molar-refractivity contribution in [3.63, 3.8) is 0 Å². The van der Waals surface area contributed by atoms with E-state index < -0.39 is 0 Å². The van der Waals surface area contributed by atoms with Gasteiger partial charge < -0.3 is 10.6 Å². The summed E-state index contributed by atoms with van der Waals surface area (Å²) in [5.74, 6) is 0.715. The molecule has 1 saturated carbocycles. The Bertz CT molecular complexity index is 531. The van der Waals surface area contributed by atoms with Crippen LogP contribution in [0.4, 0.5) is 4.39 Å². The Balaban J connectivity index is 1.77. The lowest BCUT2D eigenvalue weighted by Crippen LogP contribution is -2.32. The molecule has 0 aromatic heterocycles. The molecule has 4 heteroatoms. The second kappa shape index (κ2) is 5.17. The third kappa shape index (κ3) is 2.44. The molecule has 0 radical (unpaired) electrons. The number of hydrogen-bond acceptors (Lipinski definition) is 2. The molecule has 2 fully saturated rings. The van der Waals surface area contributed by atoms with Crippen molar-refractivity contribution in [2.45, 2.75) is 32.2 Å². The minimum Gasteiger partial charge on any atom is -0.338 e. The Kier molecular flexibility index (Phi) is 3.50. The van der Waals surface area contributed by atoms with E-state index in [0.717, 1.165) is 37.9 Å². The van der Waals surface area contributed by atoms with E-state index in [1.807, 2.05) is 11.8 Å². The van der Waals surface area contributed by atoms with E-state index in [-0.39, 0.29) is 17.8 Å². The van der Waals surface area contributed by atoms with E-state index in [2.05, 4.69) is 0 Å². The second-order valence-corrected chi connectivity index (χ2v) is 6.26. The average Bonchev–Trinajstić information content (AvgIpc) is 2.83. The van der Waals surface area contributed by atoms with Gasteiger partial charge in [0.2, 0.25) is 0 Å². The first-order valence-electron chi connectivity index (χ1n) is 7.35. The van der Waals surface area contributed by atoms with Gasteiger partial charge in [0, 0.05) is 24.7 Å². The summed E-state index contributed by atoms with van der Waals surface area (Å²) in [4.78, 5) is 14.5. The first-order chi connectivity index (χ1) is 9.54. The van der Waals surface area contributed by atoms with Crippen LogP contribution in [0, 0.1) is 24.6 Å². The topological polar surface area (TPSA) is 46.3 Å². The van der Waals surface area contributed by atoms with Crippen molar-refractivity contribution in [3.05, 3.63) is 35.1 Å². The third-order valence-electron chi connectivity index (χ3n) is 4.81. The lowest BCUT2D eigenvalue weighted by Gasteiger charge is -2.27. The number of nitrogens with two attached hydrogens (primary N) is 1. The first kappa shape index (κ1) is 13.6. The van der Waals surface area contributed by atoms with E-state index >= 15 is 0 Å². The van der Waals surface area contributed by atoms with Crippen molar-refractivity contribution in [2.75, 3.05) is 13.1 Å². The van der Waals surface area contributed by atoms with Gasteiger partial charge in [-0.15, -0.1) is 0 Å². The first-order valence-corrected chi connectivity index (χ1v) is 7.35. The third-order valence-corrected chi connectivity index (χ3v) is 4.81. The molecule has 0 spiro atoms. The fourth-order valence-electron chi connectivity index (χ4n) is 3.63. The Morgan fingerprint density at radius 3 is 2.85 bits per heavy atom. The average molecular weight is 276 g/mol. The van der Waals surface area contributed by atoms with E-state index in [4.69, 9.17) is 5.73 Å². The molecular weight excluding hydrogens is 255 g/mol. The number of amides is 1. The van der Waals surface area contributed by atoms with Crippen LogP contribution in [0.25, 0.3) is 0 Å². The zero-order valence-electron chi connectivity index (χ0n) is 11.8. The zero-order valence-corrected chi connectivity index (χ0v) is 11.8. The highest BCUT2D eigenvalue weighted by atomic mass is 19.1. The largest absolute Gasteiger partial charge is 0.338 e. The Hall–Kier alpha value is -1.42. The van der Waals surface area contributed by atoms with Crippen molar-refractivity contribution >= 4 is 5.91 Å². The molecule has 1 heterocycles. The number of rotatable bonds is 1. The standard InChI is InChI=1S/C16H21FN2O/c1-10-2-4-13(17)7-15(10)16(20)19-8-11-3-5-14(18)6-12(11)9-19/h2,4,7,11-12,14H,3,5-6,8-9,18H2,1H3/t11-,12+,14?/m1/s1. The molecule has 3 nitrogen and oxygen atoms in total. The monoisotopic (exact) mass is 276 g/mol. The Labute approximate surface area is 118 Å². The molecule has 1 amide bonds. The van der Waals surface area contributed by atoms with Crippen molar-refractivity contribution in [2.24, 2.45) is 17.6 Å². The lowest BCUT2D eigenvalue weighted by molar-refractivity contribution is 0.0782. The molecule has 2 aliphatic rings. The molecule has 1 aliphatic heterocycles. The summed E-state index contributed by atoms with van der Waals surface area (Å²) in [6.45, 7) is 3.42. The smallest absolute Gasteiger partial charge is 0.254 e. The number of benzene rings is 1. The maximum absolute atomic E-state index is 13.4. The Morgan fingerprint density at radius 1 is 1.30 bits per heavy atom. The van der Waals surface area contributed by atoms with Gasteiger partial charge in [-0.05, 0) is 55.7 Å². The molecule has 3 atom stereocenters. The number of halogens is 1. The maximum Gasteiger partial charge on any atom is 0.254 e. The lowest BCUT2D eigenvalue weighted by atomic mass is 9.79. The molecule has 1 aliphatic carbocycles. The van der Waals surface area contributed by atoms with Crippen molar-refractivity contribution < 1.29 is 9.18 Å². The molecule has 1 aromatic rings. The van der Waals surface area contributed by atoms with Crippen LogP contribution in [0.15, 0.2) is 18.2 Å². The van der Waals surface area contributed by atoms with Gasteiger partial charge in [-0.3, -0.25) is 4.79 Å². The van der Waals surface area contributed by atoms with E-state index in [1.165, 1.54) is 12.1 Å². The number of hydrogen-bond donors (Lipinski definition) is 1. The second-order valence-electron chi connectivity index (χ2n) is 6.26. The van der Waals surface area contributed by atoms with Crippen LogP contribution in [0.3, 0.4) is 0 Å². The summed E-state index contributed by atoms with van der Waals surface area (Å²) >= 11 is 0. The quantitative estimate of drug-likeness (QED) is 0.855. The molecule has 108 valence electrons. The summed E-state index contributed by atoms with van der Waals surface area (Å²) in [7, 11) is 0. The van der Waals surface area contributed by atoms with Crippen LogP contribution in [0.2, 0.25) is 0 Å².